The second-order valence-electron chi connectivity index (χ2n) is 7.41. The van der Waals surface area contributed by atoms with Gasteiger partial charge in [0.15, 0.2) is 5.82 Å². The van der Waals surface area contributed by atoms with Crippen LogP contribution in [-0.4, -0.2) is 27.3 Å². The van der Waals surface area contributed by atoms with Gasteiger partial charge in [0.2, 0.25) is 0 Å². The average molecular weight is 375 g/mol. The molecule has 0 spiro atoms. The van der Waals surface area contributed by atoms with E-state index in [4.69, 9.17) is 9.72 Å². The summed E-state index contributed by atoms with van der Waals surface area (Å²) >= 11 is 0. The van der Waals surface area contributed by atoms with Crippen molar-refractivity contribution >= 4 is 5.97 Å². The largest absolute Gasteiger partial charge is 0.462 e. The first-order chi connectivity index (χ1) is 13.6. The number of aromatic nitrogens is 3. The third-order valence-electron chi connectivity index (χ3n) is 5.22. The Morgan fingerprint density at radius 2 is 2.00 bits per heavy atom. The molecule has 2 aromatic heterocycles. The van der Waals surface area contributed by atoms with E-state index in [0.717, 1.165) is 24.2 Å². The third kappa shape index (κ3) is 3.21. The lowest BCUT2D eigenvalue weighted by Crippen LogP contribution is -2.12. The minimum atomic E-state index is -0.338. The lowest BCUT2D eigenvalue weighted by atomic mass is 10.0. The molecule has 5 nitrogen and oxygen atoms in total. The Kier molecular flexibility index (Phi) is 4.99. The minimum Gasteiger partial charge on any atom is -0.462 e. The third-order valence-corrected chi connectivity index (χ3v) is 5.22. The molecule has 28 heavy (non-hydrogen) atoms. The molecule has 0 amide bonds. The number of hydrogen-bond donors (Lipinski definition) is 0. The maximum Gasteiger partial charge on any atom is 0.341 e. The van der Waals surface area contributed by atoms with Gasteiger partial charge in [-0.15, -0.1) is 0 Å². The molecule has 2 heterocycles. The first kappa shape index (κ1) is 18.4. The van der Waals surface area contributed by atoms with Crippen molar-refractivity contribution in [1.82, 2.24) is 14.8 Å². The summed E-state index contributed by atoms with van der Waals surface area (Å²) in [4.78, 5) is 17.2. The van der Waals surface area contributed by atoms with Crippen LogP contribution in [0.4, 0.5) is 0 Å². The molecule has 0 fully saturated rings. The number of carbonyl (C=O) groups is 1. The molecule has 3 aromatic rings. The predicted molar refractivity (Wildman–Crippen MR) is 109 cm³/mol. The minimum absolute atomic E-state index is 0.105. The lowest BCUT2D eigenvalue weighted by Gasteiger charge is -2.13. The summed E-state index contributed by atoms with van der Waals surface area (Å²) in [6.45, 7) is 6.24. The number of hydrogen-bond acceptors (Lipinski definition) is 4. The van der Waals surface area contributed by atoms with E-state index in [1.54, 1.807) is 17.8 Å². The molecule has 4 rings (SSSR count). The Morgan fingerprint density at radius 3 is 2.79 bits per heavy atom. The predicted octanol–water partition coefficient (Wildman–Crippen LogP) is 4.72. The normalized spacial score (nSPS) is 13.0. The molecule has 0 N–H and O–H groups in total. The van der Waals surface area contributed by atoms with E-state index in [1.165, 1.54) is 23.1 Å². The van der Waals surface area contributed by atoms with Gasteiger partial charge >= 0.3 is 5.97 Å². The van der Waals surface area contributed by atoms with Gasteiger partial charge in [-0.25, -0.2) is 14.5 Å². The van der Waals surface area contributed by atoms with Crippen LogP contribution in [0.5, 0.6) is 0 Å². The van der Waals surface area contributed by atoms with E-state index in [1.807, 2.05) is 32.0 Å². The van der Waals surface area contributed by atoms with Crippen LogP contribution in [0.25, 0.3) is 17.1 Å². The fourth-order valence-corrected chi connectivity index (χ4v) is 4.01. The van der Waals surface area contributed by atoms with E-state index in [-0.39, 0.29) is 11.9 Å². The molecule has 144 valence electrons. The van der Waals surface area contributed by atoms with Crippen molar-refractivity contribution < 1.29 is 9.53 Å². The number of benzene rings is 1. The number of aryl methyl sites for hydroxylation is 1. The number of fused-ring (bicyclic) bond motifs is 1. The molecule has 0 atom stereocenters. The summed E-state index contributed by atoms with van der Waals surface area (Å²) in [5.74, 6) is 0.482. The highest BCUT2D eigenvalue weighted by Gasteiger charge is 2.23. The van der Waals surface area contributed by atoms with Gasteiger partial charge in [0.25, 0.3) is 0 Å². The first-order valence-electron chi connectivity index (χ1n) is 9.93. The van der Waals surface area contributed by atoms with Crippen LogP contribution in [0, 0.1) is 0 Å². The molecule has 0 aliphatic heterocycles. The van der Waals surface area contributed by atoms with Gasteiger partial charge in [-0.2, -0.15) is 5.10 Å². The summed E-state index contributed by atoms with van der Waals surface area (Å²) in [7, 11) is 0. The molecule has 0 saturated carbocycles. The van der Waals surface area contributed by atoms with Crippen molar-refractivity contribution in [2.75, 3.05) is 6.61 Å². The monoisotopic (exact) mass is 375 g/mol. The molecule has 0 unspecified atom stereocenters. The fraction of sp³-hybridized carbons (Fsp3) is 0.348. The van der Waals surface area contributed by atoms with Crippen molar-refractivity contribution in [2.45, 2.75) is 46.0 Å². The van der Waals surface area contributed by atoms with Crippen LogP contribution in [0.15, 0.2) is 42.6 Å². The molecule has 1 aliphatic carbocycles. The zero-order valence-corrected chi connectivity index (χ0v) is 16.6. The van der Waals surface area contributed by atoms with Gasteiger partial charge in [-0.1, -0.05) is 38.1 Å². The molecular formula is C23H25N3O2. The number of ether oxygens (including phenoxy) is 1. The first-order valence-corrected chi connectivity index (χ1v) is 9.93. The van der Waals surface area contributed by atoms with Gasteiger partial charge in [-0.3, -0.25) is 0 Å². The molecule has 1 aliphatic rings. The smallest absolute Gasteiger partial charge is 0.341 e. The highest BCUT2D eigenvalue weighted by molar-refractivity contribution is 5.90. The second kappa shape index (κ2) is 7.58. The van der Waals surface area contributed by atoms with Gasteiger partial charge < -0.3 is 4.74 Å². The van der Waals surface area contributed by atoms with E-state index in [0.29, 0.717) is 18.0 Å². The zero-order valence-electron chi connectivity index (χ0n) is 16.6. The summed E-state index contributed by atoms with van der Waals surface area (Å²) in [5.41, 5.74) is 6.30. The summed E-state index contributed by atoms with van der Waals surface area (Å²) < 4.78 is 6.97. The van der Waals surface area contributed by atoms with Crippen molar-refractivity contribution in [2.24, 2.45) is 0 Å². The fourth-order valence-electron chi connectivity index (χ4n) is 4.01. The number of carbonyl (C=O) groups excluding carboxylic acids is 1. The molecule has 1 aromatic carbocycles. The number of esters is 1. The van der Waals surface area contributed by atoms with Crippen molar-refractivity contribution in [3.05, 3.63) is 65.0 Å². The van der Waals surface area contributed by atoms with Gasteiger partial charge in [-0.05, 0) is 55.4 Å². The highest BCUT2D eigenvalue weighted by atomic mass is 16.5. The Balaban J connectivity index is 1.79. The maximum absolute atomic E-state index is 12.3. The quantitative estimate of drug-likeness (QED) is 0.605. The van der Waals surface area contributed by atoms with Crippen molar-refractivity contribution in [1.29, 1.82) is 0 Å². The molecule has 0 radical (unpaired) electrons. The Morgan fingerprint density at radius 1 is 1.18 bits per heavy atom. The van der Waals surface area contributed by atoms with Crippen molar-refractivity contribution in [3.8, 4) is 17.1 Å². The topological polar surface area (TPSA) is 57.0 Å². The van der Waals surface area contributed by atoms with Crippen LogP contribution in [0.3, 0.4) is 0 Å². The maximum atomic E-state index is 12.3. The van der Waals surface area contributed by atoms with Crippen molar-refractivity contribution in [3.63, 3.8) is 0 Å². The van der Waals surface area contributed by atoms with Crippen LogP contribution < -0.4 is 0 Å². The second-order valence-corrected chi connectivity index (χ2v) is 7.41. The molecule has 5 heteroatoms. The number of rotatable bonds is 5. The Bertz CT molecular complexity index is 1020. The van der Waals surface area contributed by atoms with E-state index < -0.39 is 0 Å². The number of nitrogens with zero attached hydrogens (tertiary/aromatic N) is 3. The average Bonchev–Trinajstić information content (AvgIpc) is 3.35. The summed E-state index contributed by atoms with van der Waals surface area (Å²) in [5, 5.41) is 4.47. The van der Waals surface area contributed by atoms with Crippen LogP contribution >= 0.6 is 0 Å². The van der Waals surface area contributed by atoms with E-state index in [2.05, 4.69) is 23.3 Å². The van der Waals surface area contributed by atoms with Crippen LogP contribution in [0.2, 0.25) is 0 Å². The molecule has 0 bridgehead atoms. The summed E-state index contributed by atoms with van der Waals surface area (Å²) in [6, 6.07) is 12.4. The number of pyridine rings is 1. The SMILES string of the molecule is CCOC(=O)c1cnn(-c2cccc(-c3cccc4c3CCC4)n2)c1C(C)C. The standard InChI is InChI=1S/C23H25N3O2/c1-4-28-23(27)19-14-24-26(22(19)15(2)3)21-13-7-12-20(25-21)18-11-6-9-16-8-5-10-17(16)18/h6-7,9,11-15H,4-5,8,10H2,1-3H3. The Labute approximate surface area is 165 Å². The zero-order chi connectivity index (χ0) is 19.7. The lowest BCUT2D eigenvalue weighted by molar-refractivity contribution is 0.0524. The van der Waals surface area contributed by atoms with Gasteiger partial charge in [0, 0.05) is 5.56 Å². The highest BCUT2D eigenvalue weighted by Crippen LogP contribution is 2.32. The van der Waals surface area contributed by atoms with Crippen LogP contribution in [-0.2, 0) is 17.6 Å². The van der Waals surface area contributed by atoms with Gasteiger partial charge in [0.05, 0.1) is 24.2 Å². The van der Waals surface area contributed by atoms with E-state index >= 15 is 0 Å². The van der Waals surface area contributed by atoms with E-state index in [9.17, 15) is 4.79 Å². The Hall–Kier alpha value is -2.95. The molecular weight excluding hydrogens is 350 g/mol. The summed E-state index contributed by atoms with van der Waals surface area (Å²) in [6.07, 6.45) is 5.03. The molecule has 0 saturated heterocycles. The van der Waals surface area contributed by atoms with Gasteiger partial charge in [0.1, 0.15) is 5.56 Å². The van der Waals surface area contributed by atoms with Crippen LogP contribution in [0.1, 0.15) is 60.3 Å².